The molecule has 0 fully saturated rings. The molecule has 0 radical (unpaired) electrons. The molecule has 0 aliphatic heterocycles. The fourth-order valence-electron chi connectivity index (χ4n) is 3.65. The number of carbonyl (C=O) groups excluding carboxylic acids is 1. The summed E-state index contributed by atoms with van der Waals surface area (Å²) in [5.41, 5.74) is 2.15. The van der Waals surface area contributed by atoms with Gasteiger partial charge in [-0.15, -0.1) is 12.4 Å². The molecule has 3 aromatic rings. The van der Waals surface area contributed by atoms with Crippen LogP contribution in [0.15, 0.2) is 40.8 Å². The molecule has 0 bridgehead atoms. The summed E-state index contributed by atoms with van der Waals surface area (Å²) in [6, 6.07) is 11.7. The van der Waals surface area contributed by atoms with Crippen molar-refractivity contribution in [3.05, 3.63) is 60.4 Å². The topological polar surface area (TPSA) is 62.9 Å². The first-order chi connectivity index (χ1) is 16.0. The van der Waals surface area contributed by atoms with Crippen LogP contribution in [0.3, 0.4) is 0 Å². The van der Waals surface area contributed by atoms with Crippen molar-refractivity contribution >= 4 is 74.3 Å². The summed E-state index contributed by atoms with van der Waals surface area (Å²) in [4.78, 5) is 15.9. The van der Waals surface area contributed by atoms with Crippen LogP contribution in [0.1, 0.15) is 55.3 Å². The van der Waals surface area contributed by atoms with Crippen LogP contribution in [-0.2, 0) is 6.42 Å². The van der Waals surface area contributed by atoms with E-state index in [4.69, 9.17) is 14.3 Å². The first kappa shape index (κ1) is 31.2. The largest absolute Gasteiger partial charge is 0.490 e. The number of likely N-dealkylation sites (N-methyl/N-ethyl adjacent to an activating group) is 1. The summed E-state index contributed by atoms with van der Waals surface area (Å²) in [6.07, 6.45) is 2.82. The fourth-order valence-corrected chi connectivity index (χ4v) is 5.73. The van der Waals surface area contributed by atoms with Gasteiger partial charge in [0.1, 0.15) is 23.7 Å². The van der Waals surface area contributed by atoms with Gasteiger partial charge in [-0.1, -0.05) is 45.4 Å². The number of rotatable bonds is 11. The number of para-hydroxylation sites is 1. The minimum atomic E-state index is 0. The van der Waals surface area contributed by atoms with E-state index in [0.29, 0.717) is 17.7 Å². The van der Waals surface area contributed by atoms with Crippen molar-refractivity contribution in [1.82, 2.24) is 4.90 Å². The Labute approximate surface area is 236 Å². The molecule has 0 aliphatic rings. The average molecular weight is 714 g/mol. The Hall–Kier alpha value is -0.880. The maximum Gasteiger partial charge on any atom is 0.197 e. The van der Waals surface area contributed by atoms with Gasteiger partial charge in [0.2, 0.25) is 0 Å². The Morgan fingerprint density at radius 3 is 2.26 bits per heavy atom. The van der Waals surface area contributed by atoms with Crippen LogP contribution < -0.4 is 4.74 Å². The summed E-state index contributed by atoms with van der Waals surface area (Å²) in [5, 5.41) is 7.89. The molecule has 0 saturated heterocycles. The lowest BCUT2D eigenvalue weighted by molar-refractivity contribution is 0.103. The Morgan fingerprint density at radius 1 is 1.06 bits per heavy atom. The number of nitrogens with zero attached hydrogens (tertiary/aromatic N) is 1. The molecule has 0 atom stereocenters. The van der Waals surface area contributed by atoms with E-state index in [2.05, 4.69) is 70.9 Å². The molecule has 0 spiro atoms. The number of fused-ring (bicyclic) bond motifs is 1. The Bertz CT molecular complexity index is 1030. The third-order valence-corrected chi connectivity index (χ3v) is 7.06. The smallest absolute Gasteiger partial charge is 0.197 e. The minimum Gasteiger partial charge on any atom is -0.490 e. The van der Waals surface area contributed by atoms with Crippen LogP contribution in [0.5, 0.6) is 5.75 Å². The molecular formula is C26H34ClI2NO4. The van der Waals surface area contributed by atoms with Crippen molar-refractivity contribution in [1.29, 1.82) is 0 Å². The lowest BCUT2D eigenvalue weighted by Gasteiger charge is -2.19. The Morgan fingerprint density at radius 2 is 1.68 bits per heavy atom. The van der Waals surface area contributed by atoms with Crippen LogP contribution >= 0.6 is 57.6 Å². The number of ether oxygens (including phenoxy) is 1. The Kier molecular flexibility index (Phi) is 14.6. The number of benzene rings is 2. The quantitative estimate of drug-likeness (QED) is 0.172. The maximum absolute atomic E-state index is 13.6. The number of unbranched alkanes of at least 4 members (excludes halogenated alkanes) is 1. The van der Waals surface area contributed by atoms with Crippen molar-refractivity contribution in [2.45, 2.75) is 40.0 Å². The molecule has 2 aromatic carbocycles. The first-order valence-corrected chi connectivity index (χ1v) is 13.5. The predicted octanol–water partition coefficient (Wildman–Crippen LogP) is 6.97. The highest BCUT2D eigenvalue weighted by Gasteiger charge is 2.23. The second-order valence-electron chi connectivity index (χ2n) is 7.47. The van der Waals surface area contributed by atoms with E-state index in [1.54, 1.807) is 0 Å². The number of hydrogen-bond acceptors (Lipinski definition) is 5. The number of aryl methyl sites for hydroxylation is 1. The summed E-state index contributed by atoms with van der Waals surface area (Å²) < 4.78 is 14.1. The highest BCUT2D eigenvalue weighted by molar-refractivity contribution is 14.1. The van der Waals surface area contributed by atoms with Gasteiger partial charge in [0.25, 0.3) is 0 Å². The molecule has 188 valence electrons. The zero-order valence-corrected chi connectivity index (χ0v) is 25.3. The number of hydrogen-bond donors (Lipinski definition) is 1. The first-order valence-electron chi connectivity index (χ1n) is 11.3. The molecule has 1 heterocycles. The predicted molar refractivity (Wildman–Crippen MR) is 159 cm³/mol. The van der Waals surface area contributed by atoms with Crippen LogP contribution in [0.25, 0.3) is 11.0 Å². The third kappa shape index (κ3) is 7.81. The van der Waals surface area contributed by atoms with Gasteiger partial charge in [0, 0.05) is 31.0 Å². The number of ketones is 1. The standard InChI is InChI=1S/C25H29I2NO3.CH4O.ClH/c1-4-7-11-22-23(18-10-8-9-12-21(18)31-22)24(29)17-15-19(26)25(20(27)16-17)30-14-13-28(5-2)6-3;1-2;/h8-10,12,15-16H,4-7,11,13-14H2,1-3H3;2H,1H3;1H. The van der Waals surface area contributed by atoms with Crippen LogP contribution in [0, 0.1) is 7.14 Å². The lowest BCUT2D eigenvalue weighted by atomic mass is 9.98. The van der Waals surface area contributed by atoms with Gasteiger partial charge in [-0.05, 0) is 82.9 Å². The van der Waals surface area contributed by atoms with Crippen molar-refractivity contribution in [2.24, 2.45) is 0 Å². The number of aliphatic hydroxyl groups excluding tert-OH is 1. The van der Waals surface area contributed by atoms with Crippen molar-refractivity contribution in [3.63, 3.8) is 0 Å². The molecule has 0 aliphatic carbocycles. The van der Waals surface area contributed by atoms with Crippen LogP contribution in [0.2, 0.25) is 0 Å². The molecular weight excluding hydrogens is 680 g/mol. The highest BCUT2D eigenvalue weighted by atomic mass is 127. The van der Waals surface area contributed by atoms with Gasteiger partial charge in [-0.2, -0.15) is 0 Å². The van der Waals surface area contributed by atoms with Gasteiger partial charge in [-0.3, -0.25) is 4.79 Å². The van der Waals surface area contributed by atoms with Gasteiger partial charge in [-0.25, -0.2) is 0 Å². The highest BCUT2D eigenvalue weighted by Crippen LogP contribution is 2.33. The second-order valence-corrected chi connectivity index (χ2v) is 9.80. The van der Waals surface area contributed by atoms with E-state index in [0.717, 1.165) is 75.6 Å². The van der Waals surface area contributed by atoms with Crippen molar-refractivity contribution in [3.8, 4) is 5.75 Å². The SMILES string of the molecule is CCCCc1oc2ccccc2c1C(=O)c1cc(I)c(OCCN(CC)CC)c(I)c1.CO.Cl. The van der Waals surface area contributed by atoms with E-state index >= 15 is 0 Å². The summed E-state index contributed by atoms with van der Waals surface area (Å²) in [5.74, 6) is 1.66. The minimum absolute atomic E-state index is 0. The number of aliphatic hydroxyl groups is 1. The summed E-state index contributed by atoms with van der Waals surface area (Å²) in [6.45, 7) is 10.0. The van der Waals surface area contributed by atoms with E-state index in [1.165, 1.54) is 0 Å². The van der Waals surface area contributed by atoms with Crippen molar-refractivity contribution < 1.29 is 19.1 Å². The maximum atomic E-state index is 13.6. The fraction of sp³-hybridized carbons (Fsp3) is 0.423. The van der Waals surface area contributed by atoms with E-state index in [-0.39, 0.29) is 18.2 Å². The van der Waals surface area contributed by atoms with Gasteiger partial charge in [0.05, 0.1) is 12.7 Å². The van der Waals surface area contributed by atoms with Crippen molar-refractivity contribution in [2.75, 3.05) is 33.4 Å². The third-order valence-electron chi connectivity index (χ3n) is 5.46. The zero-order chi connectivity index (χ0) is 24.4. The second kappa shape index (κ2) is 16.0. The van der Waals surface area contributed by atoms with Gasteiger partial charge < -0.3 is 19.2 Å². The van der Waals surface area contributed by atoms with E-state index < -0.39 is 0 Å². The lowest BCUT2D eigenvalue weighted by Crippen LogP contribution is -2.28. The van der Waals surface area contributed by atoms with Gasteiger partial charge >= 0.3 is 0 Å². The normalized spacial score (nSPS) is 10.6. The molecule has 0 amide bonds. The van der Waals surface area contributed by atoms with E-state index in [1.807, 2.05) is 36.4 Å². The number of furan rings is 1. The van der Waals surface area contributed by atoms with Crippen LogP contribution in [-0.4, -0.2) is 49.1 Å². The molecule has 0 unspecified atom stereocenters. The average Bonchev–Trinajstić information content (AvgIpc) is 3.21. The van der Waals surface area contributed by atoms with Crippen LogP contribution in [0.4, 0.5) is 0 Å². The number of carbonyl (C=O) groups is 1. The Balaban J connectivity index is 0.00000188. The summed E-state index contributed by atoms with van der Waals surface area (Å²) in [7, 11) is 1.00. The molecule has 5 nitrogen and oxygen atoms in total. The zero-order valence-electron chi connectivity index (χ0n) is 20.2. The monoisotopic (exact) mass is 713 g/mol. The molecule has 0 saturated carbocycles. The molecule has 3 rings (SSSR count). The number of halogens is 3. The molecule has 1 N–H and O–H groups in total. The molecule has 1 aromatic heterocycles. The van der Waals surface area contributed by atoms with Gasteiger partial charge in [0.15, 0.2) is 5.78 Å². The van der Waals surface area contributed by atoms with E-state index in [9.17, 15) is 4.79 Å². The molecule has 34 heavy (non-hydrogen) atoms. The summed E-state index contributed by atoms with van der Waals surface area (Å²) >= 11 is 4.54. The molecule has 8 heteroatoms.